The number of hydrogen-bond acceptors (Lipinski definition) is 0. The molecule has 0 amide bonds. The van der Waals surface area contributed by atoms with Gasteiger partial charge in [-0.25, -0.2) is 0 Å². The van der Waals surface area contributed by atoms with Crippen molar-refractivity contribution in [3.63, 3.8) is 0 Å². The molecule has 0 N–H and O–H groups in total. The second-order valence-corrected chi connectivity index (χ2v) is 28.6. The molecule has 0 saturated heterocycles. The van der Waals surface area contributed by atoms with Gasteiger partial charge < -0.3 is 9.13 Å². The van der Waals surface area contributed by atoms with Gasteiger partial charge in [0.1, 0.15) is 0 Å². The van der Waals surface area contributed by atoms with E-state index in [0.717, 1.165) is 15.6 Å². The Kier molecular flexibility index (Phi) is 11.4. The molecule has 470 valence electrons. The summed E-state index contributed by atoms with van der Waals surface area (Å²) in [5.74, 6) is 0. The molecule has 0 saturated carbocycles. The van der Waals surface area contributed by atoms with E-state index in [4.69, 9.17) is 13.0 Å². The summed E-state index contributed by atoms with van der Waals surface area (Å²) in [7, 11) is -3.91. The largest absolute Gasteiger partial charge is 0.309 e. The van der Waals surface area contributed by atoms with E-state index in [-0.39, 0.29) is 59.8 Å². The average Bonchev–Trinajstić information content (AvgIpc) is 1.64. The van der Waals surface area contributed by atoms with Crippen molar-refractivity contribution in [3.8, 4) is 55.9 Å². The smallest absolute Gasteiger partial charge is 0.179 e. The Bertz CT molecular complexity index is 7260. The quantitative estimate of drug-likeness (QED) is 0.0954. The number of para-hydroxylation sites is 2. The number of fused-ring (bicyclic) bond motifs is 14. The predicted octanol–water partition coefficient (Wildman–Crippen LogP) is 23.4. The van der Waals surface area contributed by atoms with Crippen LogP contribution in [0.2, 0.25) is 5.02 Å². The Labute approximate surface area is 611 Å². The van der Waals surface area contributed by atoms with Gasteiger partial charge in [0, 0.05) is 44.0 Å². The molecule has 0 unspecified atom stereocenters. The van der Waals surface area contributed by atoms with Crippen LogP contribution < -0.4 is 20.7 Å². The van der Waals surface area contributed by atoms with Crippen LogP contribution in [0.3, 0.4) is 0 Å². The molecule has 4 heteroatoms. The van der Waals surface area contributed by atoms with E-state index in [1.807, 2.05) is 261 Å². The van der Waals surface area contributed by atoms with Gasteiger partial charge in [0.15, 0.2) is 8.07 Å². The van der Waals surface area contributed by atoms with E-state index >= 15 is 0 Å². The summed E-state index contributed by atoms with van der Waals surface area (Å²) in [5, 5.41) is 7.42. The molecule has 0 spiro atoms. The van der Waals surface area contributed by atoms with Crippen LogP contribution in [0, 0.1) is 0 Å². The molecule has 18 rings (SSSR count). The Morgan fingerprint density at radius 3 is 1.11 bits per heavy atom. The Morgan fingerprint density at radius 1 is 0.250 bits per heavy atom. The minimum absolute atomic E-state index is 0.0798. The normalized spacial score (nSPS) is 14.0. The minimum atomic E-state index is -3.91. The van der Waals surface area contributed by atoms with Gasteiger partial charge in [0.2, 0.25) is 0 Å². The van der Waals surface area contributed by atoms with Crippen molar-refractivity contribution in [1.29, 1.82) is 0 Å². The highest BCUT2D eigenvalue weighted by molar-refractivity contribution is 7.19. The van der Waals surface area contributed by atoms with Gasteiger partial charge in [0.25, 0.3) is 0 Å². The van der Waals surface area contributed by atoms with Crippen LogP contribution in [-0.4, -0.2) is 17.2 Å². The van der Waals surface area contributed by atoms with Gasteiger partial charge in [-0.3, -0.25) is 0 Å². The lowest BCUT2D eigenvalue weighted by atomic mass is 9.97. The third kappa shape index (κ3) is 10.2. The Hall–Kier alpha value is -12.4. The molecule has 0 bridgehead atoms. The number of rotatable bonds is 10. The average molecular weight is 1330 g/mol. The highest BCUT2D eigenvalue weighted by atomic mass is 35.5. The third-order valence-corrected chi connectivity index (χ3v) is 23.9. The van der Waals surface area contributed by atoms with Gasteiger partial charge in [-0.2, -0.15) is 0 Å². The summed E-state index contributed by atoms with van der Waals surface area (Å²) in [6.07, 6.45) is 0. The first kappa shape index (κ1) is 44.5. The highest BCUT2D eigenvalue weighted by Gasteiger charge is 2.41. The topological polar surface area (TPSA) is 9.86 Å². The maximum atomic E-state index is 11.4. The second-order valence-electron chi connectivity index (χ2n) is 24.5. The van der Waals surface area contributed by atoms with Crippen molar-refractivity contribution in [2.24, 2.45) is 0 Å². The predicted molar refractivity (Wildman–Crippen MR) is 431 cm³/mol. The van der Waals surface area contributed by atoms with E-state index in [0.29, 0.717) is 70.7 Å². The lowest BCUT2D eigenvalue weighted by Gasteiger charge is -2.34. The van der Waals surface area contributed by atoms with Gasteiger partial charge in [0.05, 0.1) is 50.4 Å². The van der Waals surface area contributed by atoms with Gasteiger partial charge in [-0.15, -0.1) is 0 Å². The van der Waals surface area contributed by atoms with Crippen LogP contribution in [0.15, 0.2) is 394 Å². The molecule has 0 aliphatic carbocycles. The first-order valence-electron chi connectivity index (χ1n) is 41.5. The van der Waals surface area contributed by atoms with Crippen LogP contribution in [0.25, 0.3) is 143 Å². The van der Waals surface area contributed by atoms with E-state index in [9.17, 15) is 21.9 Å². The zero-order chi connectivity index (χ0) is 81.3. The lowest BCUT2D eigenvalue weighted by molar-refractivity contribution is 1.13. The fraction of sp³-hybridized carbons (Fsp3) is 0. The number of hydrogen-bond donors (Lipinski definition) is 0. The van der Waals surface area contributed by atoms with Gasteiger partial charge in [-0.1, -0.05) is 363 Å². The molecule has 0 atom stereocenters. The molecular formula is C96H65ClN2Si. The summed E-state index contributed by atoms with van der Waals surface area (Å²) in [6, 6.07) is 78.9. The van der Waals surface area contributed by atoms with Crippen LogP contribution in [0.4, 0.5) is 0 Å². The Balaban J connectivity index is 1.14. The third-order valence-electron chi connectivity index (χ3n) is 19.0. The fourth-order valence-electron chi connectivity index (χ4n) is 14.7. The summed E-state index contributed by atoms with van der Waals surface area (Å²) >= 11 is 7.75. The standard InChI is InChI=1S/C96H65ClN2Si/c97-91-54-29-55-93-94(91)87-49-26-25-45-83(87)82-44-20-23-47-85(82)89-53-28-51-79(69-34-11-3-12-35-69)96(89)99(93)73-63-71(66-30-7-1-8-31-66)62-72(65-73)98-92-61-58-70(67-56-59-77(60-57-67)100(74-36-13-4-14-37-74,75-38-15-5-16-39-75)76-40-17-6-18-41-76)64-90(92)86-48-24-21-43-81(86)80-42-19-22-46-84(80)88-52-27-50-78(95(88)98)68-32-9-2-10-33-68/h1-65H/i1D,7D,8D,29D,30D,31D,54D,55D,56D,57D,58D,59D,60D,61D,62D,63D,64D. The molecule has 2 nitrogen and oxygen atoms in total. The van der Waals surface area contributed by atoms with Crippen molar-refractivity contribution >= 4 is 127 Å². The van der Waals surface area contributed by atoms with E-state index in [1.165, 1.54) is 6.07 Å². The van der Waals surface area contributed by atoms with Crippen LogP contribution in [0.1, 0.15) is 23.3 Å². The van der Waals surface area contributed by atoms with Crippen LogP contribution in [0.5, 0.6) is 0 Å². The van der Waals surface area contributed by atoms with Crippen molar-refractivity contribution in [2.45, 2.75) is 0 Å². The van der Waals surface area contributed by atoms with E-state index < -0.39 is 133 Å². The Morgan fingerprint density at radius 2 is 0.630 bits per heavy atom. The summed E-state index contributed by atoms with van der Waals surface area (Å²) in [4.78, 5) is 0. The van der Waals surface area contributed by atoms with E-state index in [2.05, 4.69) is 0 Å². The fourth-order valence-corrected chi connectivity index (χ4v) is 19.4. The molecule has 2 heterocycles. The molecular weight excluding hydrogens is 1240 g/mol. The molecule has 0 aliphatic rings. The monoisotopic (exact) mass is 1330 g/mol. The van der Waals surface area contributed by atoms with Crippen LogP contribution in [-0.2, 0) is 0 Å². The molecule has 18 aromatic rings. The van der Waals surface area contributed by atoms with E-state index in [1.54, 1.807) is 33.4 Å². The maximum Gasteiger partial charge on any atom is 0.179 e. The summed E-state index contributed by atoms with van der Waals surface area (Å²) in [6.45, 7) is 0. The molecule has 0 radical (unpaired) electrons. The number of benzene rings is 16. The van der Waals surface area contributed by atoms with Gasteiger partial charge >= 0.3 is 0 Å². The van der Waals surface area contributed by atoms with Crippen molar-refractivity contribution < 1.29 is 23.3 Å². The van der Waals surface area contributed by atoms with Crippen molar-refractivity contribution in [1.82, 2.24) is 9.13 Å². The molecule has 2 aromatic heterocycles. The molecule has 16 aromatic carbocycles. The van der Waals surface area contributed by atoms with Crippen molar-refractivity contribution in [3.05, 3.63) is 399 Å². The maximum absolute atomic E-state index is 11.4. The molecule has 0 aliphatic heterocycles. The molecule has 0 fully saturated rings. The summed E-state index contributed by atoms with van der Waals surface area (Å²) < 4.78 is 180. The number of aromatic nitrogens is 2. The SMILES string of the molecule is [2H]c1c([2H])c([2H])c(-c2c([2H])c(-n3c4c(-c5ccccc5)cccc4c4ccccc4c4ccccc4c4c([2H])c(-c5c([2H])c([2H])c([Si](c6ccccc6)(c6ccccc6)c6ccccc6)c([2H])c5[2H])c([2H])c([2H])c43)cc(-n3c4c(-c5ccccc5)cccc4c4ccccc4c4ccccc4c4c(Cl)c([2H])c([2H])c([2H])c43)c2[2H])c([2H])c1[2H]. The zero-order valence-corrected chi connectivity index (χ0v) is 55.2. The van der Waals surface area contributed by atoms with Gasteiger partial charge in [-0.05, 0) is 140 Å². The highest BCUT2D eigenvalue weighted by Crippen LogP contribution is 2.44. The first-order valence-corrected chi connectivity index (χ1v) is 35.3. The summed E-state index contributed by atoms with van der Waals surface area (Å²) in [5.41, 5.74) is -0.310. The number of nitrogens with zero attached hydrogens (tertiary/aromatic N) is 2. The lowest BCUT2D eigenvalue weighted by Crippen LogP contribution is -2.74. The van der Waals surface area contributed by atoms with Crippen LogP contribution >= 0.6 is 11.6 Å². The minimum Gasteiger partial charge on any atom is -0.309 e. The molecule has 100 heavy (non-hydrogen) atoms. The number of halogens is 1. The first-order chi connectivity index (χ1) is 56.7. The zero-order valence-electron chi connectivity index (χ0n) is 70.5. The van der Waals surface area contributed by atoms with Crippen molar-refractivity contribution in [2.75, 3.05) is 0 Å². The second kappa shape index (κ2) is 25.6.